The Balaban J connectivity index is 1.84. The molecule has 1 aromatic carbocycles. The van der Waals surface area contributed by atoms with E-state index in [-0.39, 0.29) is 5.25 Å². The summed E-state index contributed by atoms with van der Waals surface area (Å²) < 4.78 is 28.7. The van der Waals surface area contributed by atoms with Crippen molar-refractivity contribution in [3.63, 3.8) is 0 Å². The molecule has 24 heavy (non-hydrogen) atoms. The molecule has 0 radical (unpaired) electrons. The van der Waals surface area contributed by atoms with Crippen molar-refractivity contribution in [2.45, 2.75) is 36.4 Å². The molecule has 2 aromatic heterocycles. The van der Waals surface area contributed by atoms with Crippen molar-refractivity contribution in [1.82, 2.24) is 19.7 Å². The van der Waals surface area contributed by atoms with E-state index >= 15 is 0 Å². The molecular formula is C15H17F2N5S2. The average Bonchev–Trinajstić information content (AvgIpc) is 3.16. The smallest absolute Gasteiger partial charge is 0.320 e. The van der Waals surface area contributed by atoms with Crippen molar-refractivity contribution in [3.8, 4) is 0 Å². The van der Waals surface area contributed by atoms with Crippen LogP contribution >= 0.6 is 23.1 Å². The normalized spacial score (nSPS) is 12.9. The van der Waals surface area contributed by atoms with Crippen LogP contribution in [0.2, 0.25) is 0 Å². The lowest BCUT2D eigenvalue weighted by molar-refractivity contribution is 0.0715. The molecule has 0 fully saturated rings. The second kappa shape index (κ2) is 7.43. The molecule has 1 N–H and O–H groups in total. The molecule has 128 valence electrons. The van der Waals surface area contributed by atoms with Gasteiger partial charge < -0.3 is 5.32 Å². The Bertz CT molecular complexity index is 817. The molecule has 1 atom stereocenters. The first-order valence-corrected chi connectivity index (χ1v) is 9.28. The maximum Gasteiger partial charge on any atom is 0.320 e. The fourth-order valence-electron chi connectivity index (χ4n) is 2.32. The summed E-state index contributed by atoms with van der Waals surface area (Å²) in [6, 6.07) is 6.93. The Morgan fingerprint density at radius 1 is 1.29 bits per heavy atom. The topological polar surface area (TPSA) is 55.6 Å². The van der Waals surface area contributed by atoms with Crippen LogP contribution < -0.4 is 5.32 Å². The van der Waals surface area contributed by atoms with Gasteiger partial charge in [-0.2, -0.15) is 8.78 Å². The van der Waals surface area contributed by atoms with Crippen LogP contribution in [0.5, 0.6) is 0 Å². The first kappa shape index (κ1) is 17.1. The number of rotatable bonds is 7. The van der Waals surface area contributed by atoms with Crippen LogP contribution in [0, 0.1) is 0 Å². The third kappa shape index (κ3) is 3.51. The van der Waals surface area contributed by atoms with Gasteiger partial charge >= 0.3 is 6.55 Å². The Kier molecular flexibility index (Phi) is 5.30. The first-order chi connectivity index (χ1) is 11.6. The lowest BCUT2D eigenvalue weighted by Gasteiger charge is -2.12. The van der Waals surface area contributed by atoms with E-state index in [1.165, 1.54) is 23.1 Å². The molecule has 0 aliphatic carbocycles. The number of anilines is 1. The summed E-state index contributed by atoms with van der Waals surface area (Å²) >= 11 is 2.81. The number of nitrogens with one attached hydrogen (secondary N) is 1. The summed E-state index contributed by atoms with van der Waals surface area (Å²) in [5.74, 6) is 0.342. The maximum absolute atomic E-state index is 13.5. The fraction of sp³-hybridized carbons (Fsp3) is 0.400. The Morgan fingerprint density at radius 2 is 2.08 bits per heavy atom. The van der Waals surface area contributed by atoms with Gasteiger partial charge in [0.2, 0.25) is 5.13 Å². The second-order valence-corrected chi connectivity index (χ2v) is 7.73. The number of imidazole rings is 1. The number of halogens is 2. The zero-order valence-electron chi connectivity index (χ0n) is 13.2. The molecule has 2 heterocycles. The number of para-hydroxylation sites is 2. The molecule has 5 nitrogen and oxygen atoms in total. The maximum atomic E-state index is 13.5. The van der Waals surface area contributed by atoms with Gasteiger partial charge in [0.25, 0.3) is 0 Å². The minimum atomic E-state index is -2.63. The van der Waals surface area contributed by atoms with E-state index < -0.39 is 6.55 Å². The number of hydrogen-bond donors (Lipinski definition) is 1. The predicted molar refractivity (Wildman–Crippen MR) is 93.9 cm³/mol. The zero-order chi connectivity index (χ0) is 17.1. The zero-order valence-corrected chi connectivity index (χ0v) is 14.9. The number of thioether (sulfide) groups is 1. The minimum absolute atomic E-state index is 0.265. The van der Waals surface area contributed by atoms with E-state index in [2.05, 4.69) is 27.4 Å². The van der Waals surface area contributed by atoms with E-state index in [1.54, 1.807) is 24.3 Å². The van der Waals surface area contributed by atoms with Crippen molar-refractivity contribution in [1.29, 1.82) is 0 Å². The Hall–Kier alpha value is -1.74. The van der Waals surface area contributed by atoms with Gasteiger partial charge in [-0.25, -0.2) is 4.98 Å². The van der Waals surface area contributed by atoms with E-state index in [0.29, 0.717) is 16.9 Å². The number of alkyl halides is 2. The van der Waals surface area contributed by atoms with Gasteiger partial charge in [0.15, 0.2) is 4.34 Å². The van der Waals surface area contributed by atoms with Crippen LogP contribution in [0.15, 0.2) is 28.6 Å². The van der Waals surface area contributed by atoms with Crippen molar-refractivity contribution in [3.05, 3.63) is 30.1 Å². The van der Waals surface area contributed by atoms with Crippen LogP contribution in [0.25, 0.3) is 11.0 Å². The Morgan fingerprint density at radius 3 is 2.83 bits per heavy atom. The summed E-state index contributed by atoms with van der Waals surface area (Å²) in [6.45, 7) is 2.12. The van der Waals surface area contributed by atoms with Crippen molar-refractivity contribution >= 4 is 39.3 Å². The highest BCUT2D eigenvalue weighted by molar-refractivity contribution is 8.01. The van der Waals surface area contributed by atoms with Gasteiger partial charge in [-0.15, -0.1) is 10.2 Å². The lowest BCUT2D eigenvalue weighted by Crippen LogP contribution is -2.06. The quantitative estimate of drug-likeness (QED) is 0.597. The van der Waals surface area contributed by atoms with E-state index in [0.717, 1.165) is 27.0 Å². The van der Waals surface area contributed by atoms with Crippen molar-refractivity contribution < 1.29 is 8.78 Å². The molecular weight excluding hydrogens is 352 g/mol. The molecule has 1 unspecified atom stereocenters. The molecule has 3 aromatic rings. The molecule has 0 spiro atoms. The van der Waals surface area contributed by atoms with E-state index in [4.69, 9.17) is 0 Å². The summed E-state index contributed by atoms with van der Waals surface area (Å²) in [5.41, 5.74) is 1.01. The van der Waals surface area contributed by atoms with Gasteiger partial charge in [-0.1, -0.05) is 42.2 Å². The highest BCUT2D eigenvalue weighted by atomic mass is 32.2. The summed E-state index contributed by atoms with van der Waals surface area (Å²) in [7, 11) is 0. The third-order valence-corrected chi connectivity index (χ3v) is 5.45. The highest BCUT2D eigenvalue weighted by Gasteiger charge is 2.23. The number of aromatic nitrogens is 4. The fourth-order valence-corrected chi connectivity index (χ4v) is 4.35. The largest absolute Gasteiger partial charge is 0.360 e. The molecule has 0 saturated carbocycles. The van der Waals surface area contributed by atoms with E-state index in [1.807, 2.05) is 6.92 Å². The SMILES string of the molecule is CCCNc1nnc(SC(C)c2nc3ccccc3n2C(F)F)s1. The van der Waals surface area contributed by atoms with E-state index in [9.17, 15) is 8.78 Å². The monoisotopic (exact) mass is 369 g/mol. The lowest BCUT2D eigenvalue weighted by atomic mass is 10.3. The molecule has 3 rings (SSSR count). The summed E-state index contributed by atoms with van der Waals surface area (Å²) in [5, 5.41) is 11.8. The molecule has 0 bridgehead atoms. The standard InChI is InChI=1S/C15H17F2N5S2/c1-3-8-18-14-20-21-15(24-14)23-9(2)12-19-10-6-4-5-7-11(10)22(12)13(16)17/h4-7,9,13H,3,8H2,1-2H3,(H,18,20). The van der Waals surface area contributed by atoms with Crippen molar-refractivity contribution in [2.24, 2.45) is 0 Å². The molecule has 0 amide bonds. The Labute approximate surface area is 146 Å². The second-order valence-electron chi connectivity index (χ2n) is 5.17. The molecule has 0 aliphatic heterocycles. The number of nitrogens with zero attached hydrogens (tertiary/aromatic N) is 4. The predicted octanol–water partition coefficient (Wildman–Crippen LogP) is 4.96. The summed E-state index contributed by atoms with van der Waals surface area (Å²) in [4.78, 5) is 4.39. The van der Waals surface area contributed by atoms with Gasteiger partial charge in [-0.3, -0.25) is 4.57 Å². The van der Waals surface area contributed by atoms with Crippen molar-refractivity contribution in [2.75, 3.05) is 11.9 Å². The van der Waals surface area contributed by atoms with Gasteiger partial charge in [-0.05, 0) is 25.5 Å². The van der Waals surface area contributed by atoms with Crippen LogP contribution in [0.4, 0.5) is 13.9 Å². The van der Waals surface area contributed by atoms with Crippen LogP contribution in [-0.2, 0) is 0 Å². The summed E-state index contributed by atoms with van der Waals surface area (Å²) in [6.07, 6.45) is 0.997. The minimum Gasteiger partial charge on any atom is -0.360 e. The third-order valence-electron chi connectivity index (χ3n) is 3.39. The molecule has 0 aliphatic rings. The first-order valence-electron chi connectivity index (χ1n) is 7.59. The average molecular weight is 369 g/mol. The van der Waals surface area contributed by atoms with Crippen LogP contribution in [0.3, 0.4) is 0 Å². The highest BCUT2D eigenvalue weighted by Crippen LogP contribution is 2.39. The number of fused-ring (bicyclic) bond motifs is 1. The molecule has 0 saturated heterocycles. The van der Waals surface area contributed by atoms with Crippen LogP contribution in [0.1, 0.15) is 37.9 Å². The van der Waals surface area contributed by atoms with Gasteiger partial charge in [0, 0.05) is 6.54 Å². The number of hydrogen-bond acceptors (Lipinski definition) is 6. The van der Waals surface area contributed by atoms with Gasteiger partial charge in [0.1, 0.15) is 5.82 Å². The van der Waals surface area contributed by atoms with Gasteiger partial charge in [0.05, 0.1) is 16.3 Å². The van der Waals surface area contributed by atoms with Crippen LogP contribution in [-0.4, -0.2) is 26.3 Å². The molecule has 9 heteroatoms. The number of benzene rings is 1.